The van der Waals surface area contributed by atoms with Crippen molar-refractivity contribution in [3.05, 3.63) is 69.7 Å². The van der Waals surface area contributed by atoms with Crippen molar-refractivity contribution in [3.63, 3.8) is 0 Å². The average Bonchev–Trinajstić information content (AvgIpc) is 2.66. The van der Waals surface area contributed by atoms with E-state index in [-0.39, 0.29) is 24.4 Å². The molecule has 0 radical (unpaired) electrons. The quantitative estimate of drug-likeness (QED) is 0.584. The van der Waals surface area contributed by atoms with Crippen LogP contribution in [0.3, 0.4) is 0 Å². The van der Waals surface area contributed by atoms with Crippen molar-refractivity contribution in [2.45, 2.75) is 58.7 Å². The highest BCUT2D eigenvalue weighted by atomic mass is 35.5. The van der Waals surface area contributed by atoms with Crippen molar-refractivity contribution >= 4 is 35.0 Å². The van der Waals surface area contributed by atoms with Gasteiger partial charge in [-0.15, -0.1) is 0 Å². The van der Waals surface area contributed by atoms with E-state index in [4.69, 9.17) is 23.2 Å². The first-order chi connectivity index (χ1) is 13.8. The smallest absolute Gasteiger partial charge is 0.243 e. The predicted octanol–water partition coefficient (Wildman–Crippen LogP) is 5.26. The number of rotatable bonds is 9. The number of nitrogens with one attached hydrogen (secondary N) is 1. The maximum Gasteiger partial charge on any atom is 0.243 e. The molecule has 0 spiro atoms. The van der Waals surface area contributed by atoms with E-state index in [9.17, 15) is 9.59 Å². The van der Waals surface area contributed by atoms with E-state index in [1.165, 1.54) is 0 Å². The molecule has 0 saturated heterocycles. The summed E-state index contributed by atoms with van der Waals surface area (Å²) in [5, 5.41) is 3.98. The lowest BCUT2D eigenvalue weighted by Crippen LogP contribution is -2.51. The van der Waals surface area contributed by atoms with Gasteiger partial charge in [0.15, 0.2) is 0 Å². The maximum atomic E-state index is 13.1. The summed E-state index contributed by atoms with van der Waals surface area (Å²) >= 11 is 12.4. The van der Waals surface area contributed by atoms with Crippen molar-refractivity contribution in [1.29, 1.82) is 0 Å². The van der Waals surface area contributed by atoms with Crippen molar-refractivity contribution in [2.75, 3.05) is 0 Å². The highest BCUT2D eigenvalue weighted by molar-refractivity contribution is 6.35. The molecule has 2 aromatic carbocycles. The number of carbonyl (C=O) groups is 2. The zero-order valence-electron chi connectivity index (χ0n) is 17.1. The Hall–Kier alpha value is -2.04. The molecule has 0 heterocycles. The molecule has 0 aliphatic heterocycles. The Labute approximate surface area is 183 Å². The molecule has 2 amide bonds. The minimum Gasteiger partial charge on any atom is -0.352 e. The van der Waals surface area contributed by atoms with Crippen LogP contribution < -0.4 is 5.32 Å². The van der Waals surface area contributed by atoms with Crippen LogP contribution in [-0.2, 0) is 22.6 Å². The number of benzene rings is 2. The first kappa shape index (κ1) is 23.2. The molecular weight excluding hydrogens is 407 g/mol. The summed E-state index contributed by atoms with van der Waals surface area (Å²) < 4.78 is 0. The van der Waals surface area contributed by atoms with Crippen LogP contribution in [-0.4, -0.2) is 28.8 Å². The molecular formula is C23H28Cl2N2O2. The van der Waals surface area contributed by atoms with E-state index in [1.807, 2.05) is 51.1 Å². The zero-order chi connectivity index (χ0) is 21.4. The SMILES string of the molecule is CCCC(=O)N(Cc1ccc(Cl)cc1Cl)[C@H](Cc1ccccc1)C(=O)NC(C)C. The molecule has 0 saturated carbocycles. The Morgan fingerprint density at radius 1 is 1.07 bits per heavy atom. The Balaban J connectivity index is 2.40. The number of nitrogens with zero attached hydrogens (tertiary/aromatic N) is 1. The van der Waals surface area contributed by atoms with Gasteiger partial charge in [0.05, 0.1) is 0 Å². The Kier molecular flexibility index (Phi) is 8.99. The van der Waals surface area contributed by atoms with Crippen LogP contribution in [0.4, 0.5) is 0 Å². The first-order valence-corrected chi connectivity index (χ1v) is 10.6. The third kappa shape index (κ3) is 7.06. The van der Waals surface area contributed by atoms with Crippen LogP contribution >= 0.6 is 23.2 Å². The Bertz CT molecular complexity index is 825. The molecule has 2 aromatic rings. The summed E-state index contributed by atoms with van der Waals surface area (Å²) in [6.07, 6.45) is 1.50. The van der Waals surface area contributed by atoms with Gasteiger partial charge < -0.3 is 10.2 Å². The van der Waals surface area contributed by atoms with Crippen LogP contribution in [0.2, 0.25) is 10.0 Å². The number of hydrogen-bond acceptors (Lipinski definition) is 2. The summed E-state index contributed by atoms with van der Waals surface area (Å²) in [7, 11) is 0. The standard InChI is InChI=1S/C23H28Cl2N2O2/c1-4-8-22(28)27(15-18-11-12-19(24)14-20(18)25)21(23(29)26-16(2)3)13-17-9-6-5-7-10-17/h5-7,9-12,14,16,21H,4,8,13,15H2,1-3H3,(H,26,29)/t21-/m1/s1. The van der Waals surface area contributed by atoms with Gasteiger partial charge in [0, 0.05) is 35.5 Å². The summed E-state index contributed by atoms with van der Waals surface area (Å²) in [6.45, 7) is 6.01. The van der Waals surface area contributed by atoms with Gasteiger partial charge in [0.2, 0.25) is 11.8 Å². The second kappa shape index (κ2) is 11.2. The minimum absolute atomic E-state index is 0.0250. The molecule has 1 N–H and O–H groups in total. The zero-order valence-corrected chi connectivity index (χ0v) is 18.6. The molecule has 0 aliphatic rings. The van der Waals surface area contributed by atoms with Crippen molar-refractivity contribution in [1.82, 2.24) is 10.2 Å². The summed E-state index contributed by atoms with van der Waals surface area (Å²) in [6, 6.07) is 14.3. The summed E-state index contributed by atoms with van der Waals surface area (Å²) in [5.74, 6) is -0.239. The molecule has 0 aliphatic carbocycles. The van der Waals surface area contributed by atoms with Crippen LogP contribution in [0, 0.1) is 0 Å². The van der Waals surface area contributed by atoms with Gasteiger partial charge in [-0.3, -0.25) is 9.59 Å². The van der Waals surface area contributed by atoms with Gasteiger partial charge in [-0.25, -0.2) is 0 Å². The average molecular weight is 435 g/mol. The highest BCUT2D eigenvalue weighted by Crippen LogP contribution is 2.24. The summed E-state index contributed by atoms with van der Waals surface area (Å²) in [5.41, 5.74) is 1.75. The Morgan fingerprint density at radius 3 is 2.34 bits per heavy atom. The largest absolute Gasteiger partial charge is 0.352 e. The van der Waals surface area contributed by atoms with E-state index in [1.54, 1.807) is 23.1 Å². The van der Waals surface area contributed by atoms with E-state index >= 15 is 0 Å². The fourth-order valence-corrected chi connectivity index (χ4v) is 3.59. The minimum atomic E-state index is -0.634. The molecule has 1 atom stereocenters. The topological polar surface area (TPSA) is 49.4 Å². The second-order valence-electron chi connectivity index (χ2n) is 7.38. The van der Waals surface area contributed by atoms with Crippen LogP contribution in [0.25, 0.3) is 0 Å². The first-order valence-electron chi connectivity index (χ1n) is 9.89. The fourth-order valence-electron chi connectivity index (χ4n) is 3.13. The van der Waals surface area contributed by atoms with Gasteiger partial charge in [-0.2, -0.15) is 0 Å². The molecule has 4 nitrogen and oxygen atoms in total. The monoisotopic (exact) mass is 434 g/mol. The fraction of sp³-hybridized carbons (Fsp3) is 0.391. The number of carbonyl (C=O) groups excluding carboxylic acids is 2. The second-order valence-corrected chi connectivity index (χ2v) is 8.22. The maximum absolute atomic E-state index is 13.1. The molecule has 2 rings (SSSR count). The lowest BCUT2D eigenvalue weighted by molar-refractivity contribution is -0.141. The van der Waals surface area contributed by atoms with E-state index in [0.717, 1.165) is 11.1 Å². The third-order valence-electron chi connectivity index (χ3n) is 4.52. The van der Waals surface area contributed by atoms with Gasteiger partial charge in [-0.05, 0) is 43.5 Å². The number of hydrogen-bond donors (Lipinski definition) is 1. The number of amides is 2. The molecule has 0 bridgehead atoms. The molecule has 0 unspecified atom stereocenters. The third-order valence-corrected chi connectivity index (χ3v) is 5.11. The molecule has 29 heavy (non-hydrogen) atoms. The normalized spacial score (nSPS) is 11.9. The lowest BCUT2D eigenvalue weighted by atomic mass is 10.0. The highest BCUT2D eigenvalue weighted by Gasteiger charge is 2.30. The predicted molar refractivity (Wildman–Crippen MR) is 119 cm³/mol. The van der Waals surface area contributed by atoms with Gasteiger partial charge in [0.1, 0.15) is 6.04 Å². The van der Waals surface area contributed by atoms with Crippen molar-refractivity contribution in [3.8, 4) is 0 Å². The molecule has 0 aromatic heterocycles. The van der Waals surface area contributed by atoms with Gasteiger partial charge in [-0.1, -0.05) is 66.5 Å². The van der Waals surface area contributed by atoms with Crippen molar-refractivity contribution < 1.29 is 9.59 Å². The Morgan fingerprint density at radius 2 is 1.76 bits per heavy atom. The molecule has 6 heteroatoms. The van der Waals surface area contributed by atoms with Crippen LogP contribution in [0.1, 0.15) is 44.7 Å². The van der Waals surface area contributed by atoms with Crippen LogP contribution in [0.15, 0.2) is 48.5 Å². The van der Waals surface area contributed by atoms with Gasteiger partial charge in [0.25, 0.3) is 0 Å². The van der Waals surface area contributed by atoms with Crippen molar-refractivity contribution in [2.24, 2.45) is 0 Å². The van der Waals surface area contributed by atoms with E-state index in [0.29, 0.717) is 29.3 Å². The molecule has 0 fully saturated rings. The van der Waals surface area contributed by atoms with Crippen LogP contribution in [0.5, 0.6) is 0 Å². The van der Waals surface area contributed by atoms with E-state index < -0.39 is 6.04 Å². The number of halogens is 2. The van der Waals surface area contributed by atoms with Gasteiger partial charge >= 0.3 is 0 Å². The lowest BCUT2D eigenvalue weighted by Gasteiger charge is -2.32. The summed E-state index contributed by atoms with van der Waals surface area (Å²) in [4.78, 5) is 27.7. The molecule has 156 valence electrons. The van der Waals surface area contributed by atoms with E-state index in [2.05, 4.69) is 5.32 Å².